The summed E-state index contributed by atoms with van der Waals surface area (Å²) in [5.74, 6) is 2.69. The standard InChI is InChI=1S/C26H18O8/c1-5-23(27)31-19-13-12-18(21(16-19)33-25(29)7-3)11-9-17-10-14-20(32-24(28)6-2)22(15-17)34-26(30)8-4/h5-8,10,12-16H,1-4H2. The smallest absolute Gasteiger partial charge is 0.335 e. The number of carbonyl (C=O) groups is 4. The Balaban J connectivity index is 2.46. The van der Waals surface area contributed by atoms with Gasteiger partial charge in [-0.15, -0.1) is 0 Å². The topological polar surface area (TPSA) is 105 Å². The van der Waals surface area contributed by atoms with Crippen LogP contribution in [-0.4, -0.2) is 23.9 Å². The lowest BCUT2D eigenvalue weighted by Crippen LogP contribution is -2.08. The molecule has 0 aliphatic heterocycles. The van der Waals surface area contributed by atoms with Gasteiger partial charge in [-0.05, 0) is 24.3 Å². The second-order valence-corrected chi connectivity index (χ2v) is 6.07. The molecule has 0 heterocycles. The van der Waals surface area contributed by atoms with Gasteiger partial charge in [-0.2, -0.15) is 0 Å². The zero-order valence-electron chi connectivity index (χ0n) is 17.9. The molecule has 8 heteroatoms. The minimum absolute atomic E-state index is 0.0154. The van der Waals surface area contributed by atoms with Gasteiger partial charge in [-0.25, -0.2) is 19.2 Å². The van der Waals surface area contributed by atoms with Gasteiger partial charge in [0.1, 0.15) is 5.75 Å². The van der Waals surface area contributed by atoms with Crippen molar-refractivity contribution in [3.05, 3.63) is 98.1 Å². The molecule has 170 valence electrons. The summed E-state index contributed by atoms with van der Waals surface area (Å²) in [5.41, 5.74) is 0.647. The molecule has 0 saturated carbocycles. The molecule has 0 fully saturated rings. The van der Waals surface area contributed by atoms with Gasteiger partial charge in [-0.3, -0.25) is 0 Å². The molecule has 0 radical (unpaired) electrons. The summed E-state index contributed by atoms with van der Waals surface area (Å²) in [6.45, 7) is 13.3. The number of hydrogen-bond acceptors (Lipinski definition) is 8. The molecule has 8 nitrogen and oxygen atoms in total. The van der Waals surface area contributed by atoms with E-state index in [1.54, 1.807) is 0 Å². The largest absolute Gasteiger partial charge is 0.423 e. The Kier molecular flexibility index (Phi) is 8.88. The molecule has 34 heavy (non-hydrogen) atoms. The highest BCUT2D eigenvalue weighted by Gasteiger charge is 2.13. The Morgan fingerprint density at radius 3 is 1.71 bits per heavy atom. The Morgan fingerprint density at radius 2 is 1.12 bits per heavy atom. The fraction of sp³-hybridized carbons (Fsp3) is 0. The molecule has 0 bridgehead atoms. The third kappa shape index (κ3) is 7.21. The van der Waals surface area contributed by atoms with E-state index in [2.05, 4.69) is 38.2 Å². The lowest BCUT2D eigenvalue weighted by molar-refractivity contribution is -0.131. The second kappa shape index (κ2) is 12.0. The van der Waals surface area contributed by atoms with Gasteiger partial charge in [0.25, 0.3) is 0 Å². The molecule has 0 unspecified atom stereocenters. The first-order valence-corrected chi connectivity index (χ1v) is 9.46. The number of benzene rings is 2. The molecule has 0 aromatic heterocycles. The SMILES string of the molecule is C=CC(=O)Oc1ccc(C#Cc2ccc(OC(=O)C=C)c(OC(=O)C=C)c2)c(OC(=O)C=C)c1. The predicted molar refractivity (Wildman–Crippen MR) is 122 cm³/mol. The molecule has 2 rings (SSSR count). The first-order chi connectivity index (χ1) is 16.3. The lowest BCUT2D eigenvalue weighted by atomic mass is 10.1. The highest BCUT2D eigenvalue weighted by molar-refractivity contribution is 5.86. The monoisotopic (exact) mass is 458 g/mol. The molecule has 0 atom stereocenters. The van der Waals surface area contributed by atoms with Crippen LogP contribution < -0.4 is 18.9 Å². The number of ether oxygens (including phenoxy) is 4. The van der Waals surface area contributed by atoms with Crippen LogP contribution in [0.2, 0.25) is 0 Å². The number of hydrogen-bond donors (Lipinski definition) is 0. The Hall–Kier alpha value is -5.16. The highest BCUT2D eigenvalue weighted by atomic mass is 16.6. The van der Waals surface area contributed by atoms with Crippen LogP contribution >= 0.6 is 0 Å². The van der Waals surface area contributed by atoms with E-state index in [0.29, 0.717) is 5.56 Å². The van der Waals surface area contributed by atoms with Crippen LogP contribution in [0.5, 0.6) is 23.0 Å². The molecule has 0 aliphatic carbocycles. The maximum absolute atomic E-state index is 11.7. The van der Waals surface area contributed by atoms with Gasteiger partial charge in [-0.1, -0.05) is 38.2 Å². The first kappa shape index (κ1) is 25.1. The summed E-state index contributed by atoms with van der Waals surface area (Å²) in [6, 6.07) is 8.50. The van der Waals surface area contributed by atoms with Crippen molar-refractivity contribution in [1.82, 2.24) is 0 Å². The highest BCUT2D eigenvalue weighted by Crippen LogP contribution is 2.29. The third-order valence-electron chi connectivity index (χ3n) is 3.76. The van der Waals surface area contributed by atoms with Crippen molar-refractivity contribution in [1.29, 1.82) is 0 Å². The summed E-state index contributed by atoms with van der Waals surface area (Å²) in [7, 11) is 0. The molecular formula is C26H18O8. The Labute approximate surface area is 195 Å². The molecule has 0 saturated heterocycles. The van der Waals surface area contributed by atoms with E-state index in [4.69, 9.17) is 18.9 Å². The first-order valence-electron chi connectivity index (χ1n) is 9.46. The van der Waals surface area contributed by atoms with Crippen molar-refractivity contribution in [2.45, 2.75) is 0 Å². The van der Waals surface area contributed by atoms with Crippen LogP contribution in [0.25, 0.3) is 0 Å². The van der Waals surface area contributed by atoms with Crippen LogP contribution in [0.15, 0.2) is 87.0 Å². The maximum atomic E-state index is 11.7. The minimum atomic E-state index is -0.774. The van der Waals surface area contributed by atoms with E-state index >= 15 is 0 Å². The molecule has 0 aliphatic rings. The van der Waals surface area contributed by atoms with Crippen molar-refractivity contribution in [3.63, 3.8) is 0 Å². The van der Waals surface area contributed by atoms with Crippen LogP contribution in [0.4, 0.5) is 0 Å². The number of esters is 4. The molecule has 0 amide bonds. The van der Waals surface area contributed by atoms with E-state index < -0.39 is 23.9 Å². The summed E-state index contributed by atoms with van der Waals surface area (Å²) >= 11 is 0. The molecular weight excluding hydrogens is 440 g/mol. The van der Waals surface area contributed by atoms with E-state index in [1.807, 2.05) is 0 Å². The van der Waals surface area contributed by atoms with Gasteiger partial charge in [0.2, 0.25) is 0 Å². The molecule has 2 aromatic carbocycles. The van der Waals surface area contributed by atoms with Crippen molar-refractivity contribution in [2.24, 2.45) is 0 Å². The molecule has 0 N–H and O–H groups in total. The van der Waals surface area contributed by atoms with Crippen molar-refractivity contribution < 1.29 is 38.1 Å². The average Bonchev–Trinajstić information content (AvgIpc) is 2.84. The van der Waals surface area contributed by atoms with Crippen molar-refractivity contribution >= 4 is 23.9 Å². The normalized spacial score (nSPS) is 9.29. The fourth-order valence-electron chi connectivity index (χ4n) is 2.25. The second-order valence-electron chi connectivity index (χ2n) is 6.07. The molecule has 0 spiro atoms. The van der Waals surface area contributed by atoms with Crippen LogP contribution in [0, 0.1) is 11.8 Å². The zero-order chi connectivity index (χ0) is 25.1. The summed E-state index contributed by atoms with van der Waals surface area (Å²) < 4.78 is 20.4. The minimum Gasteiger partial charge on any atom is -0.423 e. The molecule has 2 aromatic rings. The Bertz CT molecular complexity index is 1260. The van der Waals surface area contributed by atoms with Crippen molar-refractivity contribution in [3.8, 4) is 34.8 Å². The zero-order valence-corrected chi connectivity index (χ0v) is 17.9. The van der Waals surface area contributed by atoms with Crippen LogP contribution in [0.1, 0.15) is 11.1 Å². The quantitative estimate of drug-likeness (QED) is 0.256. The van der Waals surface area contributed by atoms with Crippen LogP contribution in [-0.2, 0) is 19.2 Å². The van der Waals surface area contributed by atoms with E-state index in [-0.39, 0.29) is 28.6 Å². The van der Waals surface area contributed by atoms with E-state index in [0.717, 1.165) is 24.3 Å². The number of rotatable bonds is 8. The lowest BCUT2D eigenvalue weighted by Gasteiger charge is -2.09. The Morgan fingerprint density at radius 1 is 0.588 bits per heavy atom. The summed E-state index contributed by atoms with van der Waals surface area (Å²) in [5, 5.41) is 0. The van der Waals surface area contributed by atoms with Gasteiger partial charge in [0.15, 0.2) is 17.2 Å². The maximum Gasteiger partial charge on any atom is 0.335 e. The summed E-state index contributed by atoms with van der Waals surface area (Å²) in [6.07, 6.45) is 3.84. The van der Waals surface area contributed by atoms with Gasteiger partial charge >= 0.3 is 23.9 Å². The third-order valence-corrected chi connectivity index (χ3v) is 3.76. The summed E-state index contributed by atoms with van der Waals surface area (Å²) in [4.78, 5) is 46.3. The van der Waals surface area contributed by atoms with Crippen LogP contribution in [0.3, 0.4) is 0 Å². The van der Waals surface area contributed by atoms with E-state index in [9.17, 15) is 19.2 Å². The fourth-order valence-corrected chi connectivity index (χ4v) is 2.25. The average molecular weight is 458 g/mol. The van der Waals surface area contributed by atoms with Crippen molar-refractivity contribution in [2.75, 3.05) is 0 Å². The number of carbonyl (C=O) groups excluding carboxylic acids is 4. The van der Waals surface area contributed by atoms with Gasteiger partial charge in [0, 0.05) is 42.0 Å². The predicted octanol–water partition coefficient (Wildman–Crippen LogP) is 3.45. The van der Waals surface area contributed by atoms with Gasteiger partial charge in [0.05, 0.1) is 5.56 Å². The van der Waals surface area contributed by atoms with Gasteiger partial charge < -0.3 is 18.9 Å². The van der Waals surface area contributed by atoms with E-state index in [1.165, 1.54) is 36.4 Å².